The van der Waals surface area contributed by atoms with E-state index in [2.05, 4.69) is 6.07 Å². The molecule has 30 heavy (non-hydrogen) atoms. The summed E-state index contributed by atoms with van der Waals surface area (Å²) in [6, 6.07) is 9.85. The minimum absolute atomic E-state index is 0.104. The van der Waals surface area contributed by atoms with Crippen molar-refractivity contribution in [1.82, 2.24) is 0 Å². The van der Waals surface area contributed by atoms with E-state index in [9.17, 15) is 9.36 Å². The van der Waals surface area contributed by atoms with Gasteiger partial charge in [-0.25, -0.2) is 0 Å². The van der Waals surface area contributed by atoms with Crippen molar-refractivity contribution in [3.63, 3.8) is 0 Å². The van der Waals surface area contributed by atoms with Gasteiger partial charge in [-0.1, -0.05) is 6.07 Å². The van der Waals surface area contributed by atoms with Crippen molar-refractivity contribution in [3.8, 4) is 5.75 Å². The molecular weight excluding hydrogens is 421 g/mol. The van der Waals surface area contributed by atoms with Crippen LogP contribution in [0.5, 0.6) is 5.75 Å². The first-order chi connectivity index (χ1) is 13.9. The Kier molecular flexibility index (Phi) is 8.83. The van der Waals surface area contributed by atoms with Crippen LogP contribution in [0.1, 0.15) is 58.3 Å². The summed E-state index contributed by atoms with van der Waals surface area (Å²) < 4.78 is 16.8. The number of hydrogen-bond acceptors (Lipinski definition) is 5. The van der Waals surface area contributed by atoms with Crippen LogP contribution in [0.3, 0.4) is 0 Å². The molecule has 2 aromatic rings. The first-order valence-electron chi connectivity index (χ1n) is 10.1. The third-order valence-electron chi connectivity index (χ3n) is 4.87. The van der Waals surface area contributed by atoms with E-state index in [1.54, 1.807) is 6.92 Å². The minimum Gasteiger partial charge on any atom is -0.494 e. The van der Waals surface area contributed by atoms with Crippen molar-refractivity contribution < 1.29 is 23.9 Å². The number of rotatable bonds is 12. The molecule has 1 heterocycles. The smallest absolute Gasteiger partial charge is 0.325 e. The number of aryl methyl sites for hydroxylation is 3. The van der Waals surface area contributed by atoms with E-state index in [1.165, 1.54) is 11.3 Å². The number of carbonyl (C=O) groups excluding carboxylic acids is 1. The molecule has 0 fully saturated rings. The summed E-state index contributed by atoms with van der Waals surface area (Å²) >= 11 is 1.46. The molecule has 1 aromatic carbocycles. The van der Waals surface area contributed by atoms with Crippen LogP contribution in [0.25, 0.3) is 0 Å². The molecule has 0 saturated heterocycles. The van der Waals surface area contributed by atoms with Gasteiger partial charge >= 0.3 is 7.60 Å². The van der Waals surface area contributed by atoms with Crippen molar-refractivity contribution >= 4 is 24.7 Å². The molecule has 0 bridgehead atoms. The lowest BCUT2D eigenvalue weighted by atomic mass is 9.94. The Morgan fingerprint density at radius 2 is 1.83 bits per heavy atom. The molecule has 166 valence electrons. The Hall–Kier alpha value is -1.50. The second-order valence-electron chi connectivity index (χ2n) is 8.26. The second-order valence-corrected chi connectivity index (χ2v) is 11.2. The maximum Gasteiger partial charge on any atom is 0.325 e. The second kappa shape index (κ2) is 10.7. The molecule has 0 radical (unpaired) electrons. The fourth-order valence-electron chi connectivity index (χ4n) is 3.16. The quantitative estimate of drug-likeness (QED) is 0.246. The van der Waals surface area contributed by atoms with Gasteiger partial charge in [0.25, 0.3) is 0 Å². The van der Waals surface area contributed by atoms with Crippen molar-refractivity contribution in [2.45, 2.75) is 58.4 Å². The van der Waals surface area contributed by atoms with Gasteiger partial charge in [0, 0.05) is 16.8 Å². The molecule has 0 aliphatic heterocycles. The van der Waals surface area contributed by atoms with Crippen molar-refractivity contribution in [3.05, 3.63) is 51.2 Å². The highest BCUT2D eigenvalue weighted by Gasteiger charge is 2.24. The largest absolute Gasteiger partial charge is 0.494 e. The lowest BCUT2D eigenvalue weighted by Gasteiger charge is -2.24. The molecule has 0 amide bonds. The summed E-state index contributed by atoms with van der Waals surface area (Å²) in [7, 11) is -4.04. The van der Waals surface area contributed by atoms with E-state index < -0.39 is 13.1 Å². The Morgan fingerprint density at radius 1 is 1.17 bits per heavy atom. The first kappa shape index (κ1) is 24.8. The number of hydrogen-bond donors (Lipinski definition) is 3. The average molecular weight is 454 g/mol. The number of ketones is 1. The fraction of sp³-hybridized carbons (Fsp3) is 0.500. The summed E-state index contributed by atoms with van der Waals surface area (Å²) in [6.07, 6.45) is 2.42. The van der Waals surface area contributed by atoms with Crippen molar-refractivity contribution in [2.24, 2.45) is 5.73 Å². The molecule has 6 nitrogen and oxygen atoms in total. The maximum atomic E-state index is 12.4. The number of Topliss-reactive ketones (excluding diaryl/α,β-unsaturated/α-hetero) is 1. The normalized spacial score (nSPS) is 13.8. The lowest BCUT2D eigenvalue weighted by Crippen LogP contribution is -2.37. The van der Waals surface area contributed by atoms with E-state index in [-0.39, 0.29) is 18.4 Å². The third-order valence-corrected chi connectivity index (χ3v) is 6.86. The van der Waals surface area contributed by atoms with Gasteiger partial charge in [-0.15, -0.1) is 11.3 Å². The number of nitrogens with two attached hydrogens (primary N) is 1. The molecule has 2 rings (SSSR count). The van der Waals surface area contributed by atoms with Crippen molar-refractivity contribution in [2.75, 3.05) is 12.8 Å². The Balaban J connectivity index is 1.75. The standard InChI is InChI=1S/C22H32NO5PS/c1-16-13-17(2)15-18(14-16)28-11-4-5-20(24)21-7-6-19(30-21)8-9-22(3,23)10-12-29(25,26)27/h6-7,13-15H,4-5,8-12,23H2,1-3H3,(H2,25,26,27). The van der Waals surface area contributed by atoms with Crippen LogP contribution in [-0.4, -0.2) is 33.9 Å². The van der Waals surface area contributed by atoms with Crippen LogP contribution in [-0.2, 0) is 11.0 Å². The zero-order valence-electron chi connectivity index (χ0n) is 17.9. The summed E-state index contributed by atoms with van der Waals surface area (Å²) in [5, 5.41) is 0. The SMILES string of the molecule is Cc1cc(C)cc(OCCCC(=O)c2ccc(CCC(C)(N)CCP(=O)(O)O)s2)c1. The van der Waals surface area contributed by atoms with E-state index >= 15 is 0 Å². The van der Waals surface area contributed by atoms with E-state index in [0.717, 1.165) is 26.6 Å². The van der Waals surface area contributed by atoms with Gasteiger partial charge in [-0.05, 0) is 81.8 Å². The molecule has 0 aliphatic carbocycles. The van der Waals surface area contributed by atoms with Gasteiger partial charge in [0.2, 0.25) is 0 Å². The van der Waals surface area contributed by atoms with Gasteiger partial charge in [0.15, 0.2) is 5.78 Å². The third kappa shape index (κ3) is 9.11. The summed E-state index contributed by atoms with van der Waals surface area (Å²) in [5.74, 6) is 0.939. The van der Waals surface area contributed by atoms with E-state index in [0.29, 0.717) is 32.3 Å². The molecule has 1 unspecified atom stereocenters. The van der Waals surface area contributed by atoms with Crippen LogP contribution in [0.15, 0.2) is 30.3 Å². The molecule has 0 aliphatic rings. The monoisotopic (exact) mass is 453 g/mol. The van der Waals surface area contributed by atoms with Gasteiger partial charge in [-0.2, -0.15) is 0 Å². The zero-order chi connectivity index (χ0) is 22.4. The Bertz CT molecular complexity index is 882. The number of thiophene rings is 1. The zero-order valence-corrected chi connectivity index (χ0v) is 19.6. The van der Waals surface area contributed by atoms with Gasteiger partial charge in [0.05, 0.1) is 17.6 Å². The van der Waals surface area contributed by atoms with Crippen LogP contribution in [0.4, 0.5) is 0 Å². The highest BCUT2D eigenvalue weighted by atomic mass is 32.1. The van der Waals surface area contributed by atoms with Crippen molar-refractivity contribution in [1.29, 1.82) is 0 Å². The molecule has 0 spiro atoms. The van der Waals surface area contributed by atoms with Crippen LogP contribution in [0.2, 0.25) is 0 Å². The van der Waals surface area contributed by atoms with Crippen LogP contribution in [0, 0.1) is 13.8 Å². The molecule has 8 heteroatoms. The predicted octanol–water partition coefficient (Wildman–Crippen LogP) is 4.62. The summed E-state index contributed by atoms with van der Waals surface area (Å²) in [6.45, 7) is 6.36. The average Bonchev–Trinajstić information content (AvgIpc) is 3.10. The Labute approximate surface area is 182 Å². The van der Waals surface area contributed by atoms with Crippen LogP contribution < -0.4 is 10.5 Å². The van der Waals surface area contributed by atoms with Gasteiger partial charge in [-0.3, -0.25) is 9.36 Å². The lowest BCUT2D eigenvalue weighted by molar-refractivity contribution is 0.0977. The van der Waals surface area contributed by atoms with Crippen LogP contribution >= 0.6 is 18.9 Å². The fourth-order valence-corrected chi connectivity index (χ4v) is 4.94. The molecule has 0 saturated carbocycles. The number of ether oxygens (including phenoxy) is 1. The molecular formula is C22H32NO5PS. The van der Waals surface area contributed by atoms with E-state index in [1.807, 2.05) is 38.1 Å². The molecule has 1 atom stereocenters. The topological polar surface area (TPSA) is 110 Å². The van der Waals surface area contributed by atoms with Gasteiger partial charge in [0.1, 0.15) is 5.75 Å². The number of carbonyl (C=O) groups is 1. The minimum atomic E-state index is -4.04. The first-order valence-corrected chi connectivity index (χ1v) is 12.7. The highest BCUT2D eigenvalue weighted by Crippen LogP contribution is 2.37. The molecule has 1 aromatic heterocycles. The Morgan fingerprint density at radius 3 is 2.47 bits per heavy atom. The van der Waals surface area contributed by atoms with E-state index in [4.69, 9.17) is 20.3 Å². The van der Waals surface area contributed by atoms with Gasteiger partial charge < -0.3 is 20.3 Å². The maximum absolute atomic E-state index is 12.4. The number of benzene rings is 1. The summed E-state index contributed by atoms with van der Waals surface area (Å²) in [5.41, 5.74) is 7.82. The predicted molar refractivity (Wildman–Crippen MR) is 122 cm³/mol. The molecule has 4 N–H and O–H groups in total. The highest BCUT2D eigenvalue weighted by molar-refractivity contribution is 7.51. The summed E-state index contributed by atoms with van der Waals surface area (Å²) in [4.78, 5) is 32.3.